The molecule has 0 atom stereocenters. The van der Waals surface area contributed by atoms with Crippen LogP contribution >= 0.6 is 23.2 Å². The summed E-state index contributed by atoms with van der Waals surface area (Å²) in [7, 11) is 0. The summed E-state index contributed by atoms with van der Waals surface area (Å²) < 4.78 is 13.1. The van der Waals surface area contributed by atoms with E-state index in [0.717, 1.165) is 0 Å². The van der Waals surface area contributed by atoms with Gasteiger partial charge in [0.2, 0.25) is 0 Å². The van der Waals surface area contributed by atoms with Crippen LogP contribution in [0.3, 0.4) is 0 Å². The highest BCUT2D eigenvalue weighted by molar-refractivity contribution is 6.34. The van der Waals surface area contributed by atoms with Crippen LogP contribution in [0.25, 0.3) is 11.1 Å². The topological polar surface area (TPSA) is 41.6 Å². The Morgan fingerprint density at radius 1 is 1.29 bits per heavy atom. The first-order chi connectivity index (χ1) is 6.68. The van der Waals surface area contributed by atoms with E-state index in [0.29, 0.717) is 11.1 Å². The Bertz CT molecular complexity index is 456. The van der Waals surface area contributed by atoms with Crippen molar-refractivity contribution in [2.75, 3.05) is 0 Å². The zero-order chi connectivity index (χ0) is 10.1. The van der Waals surface area contributed by atoms with Crippen molar-refractivity contribution in [3.63, 3.8) is 0 Å². The average Bonchev–Trinajstić information content (AvgIpc) is 2.64. The van der Waals surface area contributed by atoms with Crippen molar-refractivity contribution in [2.45, 2.75) is 0 Å². The maximum absolute atomic E-state index is 13.1. The Hall–Kier alpha value is -1.13. The van der Waals surface area contributed by atoms with E-state index in [9.17, 15) is 4.39 Å². The number of rotatable bonds is 1. The fourth-order valence-corrected chi connectivity index (χ4v) is 1.48. The number of hydrogen-bond acceptors (Lipinski definition) is 2. The van der Waals surface area contributed by atoms with Crippen LogP contribution in [-0.4, -0.2) is 15.2 Å². The maximum Gasteiger partial charge on any atom is 0.166 e. The SMILES string of the molecule is Fc1cc(-c2cn[nH]c2)c(Cl)nc1Cl. The van der Waals surface area contributed by atoms with Gasteiger partial charge in [-0.2, -0.15) is 5.10 Å². The Balaban J connectivity index is 2.60. The lowest BCUT2D eigenvalue weighted by molar-refractivity contribution is 0.622. The minimum atomic E-state index is -0.604. The lowest BCUT2D eigenvalue weighted by Crippen LogP contribution is -1.87. The van der Waals surface area contributed by atoms with Gasteiger partial charge in [-0.25, -0.2) is 9.37 Å². The van der Waals surface area contributed by atoms with Crippen LogP contribution in [0.4, 0.5) is 4.39 Å². The van der Waals surface area contributed by atoms with Crippen molar-refractivity contribution in [1.29, 1.82) is 0 Å². The summed E-state index contributed by atoms with van der Waals surface area (Å²) in [6.45, 7) is 0. The lowest BCUT2D eigenvalue weighted by Gasteiger charge is -2.01. The summed E-state index contributed by atoms with van der Waals surface area (Å²) in [6, 6.07) is 1.22. The second kappa shape index (κ2) is 3.55. The molecule has 0 bridgehead atoms. The highest BCUT2D eigenvalue weighted by Gasteiger charge is 2.10. The van der Waals surface area contributed by atoms with Crippen molar-refractivity contribution >= 4 is 23.2 Å². The van der Waals surface area contributed by atoms with Gasteiger partial charge in [-0.05, 0) is 6.07 Å². The van der Waals surface area contributed by atoms with Crippen LogP contribution < -0.4 is 0 Å². The summed E-state index contributed by atoms with van der Waals surface area (Å²) in [5.74, 6) is -0.604. The quantitative estimate of drug-likeness (QED) is 0.768. The molecular weight excluding hydrogens is 228 g/mol. The van der Waals surface area contributed by atoms with E-state index in [1.165, 1.54) is 12.3 Å². The predicted molar refractivity (Wildman–Crippen MR) is 51.8 cm³/mol. The van der Waals surface area contributed by atoms with E-state index in [1.807, 2.05) is 0 Å². The van der Waals surface area contributed by atoms with Gasteiger partial charge in [-0.3, -0.25) is 5.10 Å². The van der Waals surface area contributed by atoms with Crippen LogP contribution in [-0.2, 0) is 0 Å². The van der Waals surface area contributed by atoms with Crippen molar-refractivity contribution in [2.24, 2.45) is 0 Å². The first-order valence-corrected chi connectivity index (χ1v) is 4.45. The summed E-state index contributed by atoms with van der Waals surface area (Å²) in [4.78, 5) is 3.64. The smallest absolute Gasteiger partial charge is 0.166 e. The molecule has 14 heavy (non-hydrogen) atoms. The van der Waals surface area contributed by atoms with Gasteiger partial charge in [0.1, 0.15) is 5.15 Å². The van der Waals surface area contributed by atoms with E-state index in [2.05, 4.69) is 15.2 Å². The number of halogens is 3. The standard InChI is InChI=1S/C8H4Cl2FN3/c9-7-5(4-2-12-13-3-4)1-6(11)8(10)14-7/h1-3H,(H,12,13). The Morgan fingerprint density at radius 2 is 2.07 bits per heavy atom. The summed E-state index contributed by atoms with van der Waals surface area (Å²) in [5.41, 5.74) is 1.13. The summed E-state index contributed by atoms with van der Waals surface area (Å²) in [5, 5.41) is 6.24. The molecule has 0 amide bonds. The van der Waals surface area contributed by atoms with Crippen LogP contribution in [0.15, 0.2) is 18.5 Å². The average molecular weight is 232 g/mol. The molecule has 0 radical (unpaired) electrons. The Labute approximate surface area is 88.9 Å². The van der Waals surface area contributed by atoms with Gasteiger partial charge in [0.15, 0.2) is 11.0 Å². The maximum atomic E-state index is 13.1. The molecule has 0 unspecified atom stereocenters. The molecule has 1 N–H and O–H groups in total. The molecule has 3 nitrogen and oxygen atoms in total. The van der Waals surface area contributed by atoms with Gasteiger partial charge in [0.05, 0.1) is 6.20 Å². The number of aromatic amines is 1. The van der Waals surface area contributed by atoms with Crippen molar-refractivity contribution < 1.29 is 4.39 Å². The number of pyridine rings is 1. The number of H-pyrrole nitrogens is 1. The minimum Gasteiger partial charge on any atom is -0.285 e. The molecule has 2 rings (SSSR count). The molecular formula is C8H4Cl2FN3. The van der Waals surface area contributed by atoms with Crippen LogP contribution in [0.2, 0.25) is 10.3 Å². The summed E-state index contributed by atoms with van der Waals surface area (Å²) >= 11 is 11.2. The summed E-state index contributed by atoms with van der Waals surface area (Å²) in [6.07, 6.45) is 3.12. The predicted octanol–water partition coefficient (Wildman–Crippen LogP) is 2.92. The van der Waals surface area contributed by atoms with Gasteiger partial charge in [0, 0.05) is 17.3 Å². The molecule has 0 aliphatic rings. The zero-order valence-corrected chi connectivity index (χ0v) is 8.27. The fraction of sp³-hybridized carbons (Fsp3) is 0. The first-order valence-electron chi connectivity index (χ1n) is 3.69. The molecule has 2 aromatic heterocycles. The largest absolute Gasteiger partial charge is 0.285 e. The normalized spacial score (nSPS) is 10.5. The van der Waals surface area contributed by atoms with Gasteiger partial charge < -0.3 is 0 Å². The van der Waals surface area contributed by atoms with Crippen molar-refractivity contribution in [3.8, 4) is 11.1 Å². The molecule has 72 valence electrons. The van der Waals surface area contributed by atoms with Gasteiger partial charge in [-0.15, -0.1) is 0 Å². The molecule has 0 aromatic carbocycles. The third kappa shape index (κ3) is 1.58. The van der Waals surface area contributed by atoms with Gasteiger partial charge in [0.25, 0.3) is 0 Å². The first kappa shape index (κ1) is 9.43. The molecule has 2 heterocycles. The Morgan fingerprint density at radius 3 is 2.71 bits per heavy atom. The number of nitrogens with one attached hydrogen (secondary N) is 1. The number of hydrogen-bond donors (Lipinski definition) is 1. The van der Waals surface area contributed by atoms with Crippen molar-refractivity contribution in [1.82, 2.24) is 15.2 Å². The second-order valence-corrected chi connectivity index (χ2v) is 3.30. The third-order valence-electron chi connectivity index (χ3n) is 1.70. The molecule has 0 aliphatic heterocycles. The van der Waals surface area contributed by atoms with E-state index >= 15 is 0 Å². The molecule has 0 saturated heterocycles. The van der Waals surface area contributed by atoms with E-state index in [1.54, 1.807) is 6.20 Å². The zero-order valence-electron chi connectivity index (χ0n) is 6.76. The fourth-order valence-electron chi connectivity index (χ4n) is 1.05. The van der Waals surface area contributed by atoms with Crippen LogP contribution in [0.1, 0.15) is 0 Å². The second-order valence-electron chi connectivity index (χ2n) is 2.59. The lowest BCUT2D eigenvalue weighted by atomic mass is 10.2. The van der Waals surface area contributed by atoms with Crippen molar-refractivity contribution in [3.05, 3.63) is 34.6 Å². The van der Waals surface area contributed by atoms with E-state index < -0.39 is 5.82 Å². The van der Waals surface area contributed by atoms with E-state index in [-0.39, 0.29) is 10.3 Å². The molecule has 0 aliphatic carbocycles. The van der Waals surface area contributed by atoms with Crippen LogP contribution in [0.5, 0.6) is 0 Å². The highest BCUT2D eigenvalue weighted by Crippen LogP contribution is 2.28. The highest BCUT2D eigenvalue weighted by atomic mass is 35.5. The van der Waals surface area contributed by atoms with Gasteiger partial charge >= 0.3 is 0 Å². The molecule has 0 saturated carbocycles. The third-order valence-corrected chi connectivity index (χ3v) is 2.25. The minimum absolute atomic E-state index is 0.151. The Kier molecular flexibility index (Phi) is 2.39. The molecule has 0 spiro atoms. The van der Waals surface area contributed by atoms with Gasteiger partial charge in [-0.1, -0.05) is 23.2 Å². The number of nitrogens with zero attached hydrogens (tertiary/aromatic N) is 2. The van der Waals surface area contributed by atoms with E-state index in [4.69, 9.17) is 23.2 Å². The van der Waals surface area contributed by atoms with Crippen LogP contribution in [0, 0.1) is 5.82 Å². The molecule has 0 fully saturated rings. The monoisotopic (exact) mass is 231 g/mol. The molecule has 2 aromatic rings. The molecule has 6 heteroatoms. The number of aromatic nitrogens is 3.